The first-order chi connectivity index (χ1) is 35.0. The van der Waals surface area contributed by atoms with Gasteiger partial charge in [-0.25, -0.2) is 33.3 Å². The number of carbonyl (C=O) groups is 1. The number of hydrogen-bond donors (Lipinski definition) is 4. The molecule has 4 N–H and O–H groups in total. The molecule has 2 saturated heterocycles. The lowest BCUT2D eigenvalue weighted by Gasteiger charge is -2.47. The molecule has 1 aromatic carbocycles. The van der Waals surface area contributed by atoms with Gasteiger partial charge in [-0.3, -0.25) is 32.3 Å². The van der Waals surface area contributed by atoms with E-state index >= 15 is 13.3 Å². The average Bonchev–Trinajstić information content (AvgIpc) is 4.11. The quantitative estimate of drug-likeness (QED) is 0.0321. The second kappa shape index (κ2) is 23.4. The number of aryl methyl sites for hydroxylation is 1. The molecule has 0 radical (unpaired) electrons. The molecule has 24 nitrogen and oxygen atoms in total. The van der Waals surface area contributed by atoms with Gasteiger partial charge in [0.25, 0.3) is 11.5 Å². The molecule has 5 aromatic rings. The number of phosphoric ester groups is 1. The van der Waals surface area contributed by atoms with E-state index in [0.717, 1.165) is 38.9 Å². The second-order valence-electron chi connectivity index (χ2n) is 19.0. The Balaban J connectivity index is 1.27. The van der Waals surface area contributed by atoms with Crippen LogP contribution in [0, 0.1) is 17.1 Å². The summed E-state index contributed by atoms with van der Waals surface area (Å²) >= 11 is 0. The molecule has 30 heteroatoms. The van der Waals surface area contributed by atoms with E-state index in [4.69, 9.17) is 36.1 Å². The molecule has 0 saturated carbocycles. The Morgan fingerprint density at radius 3 is 2.23 bits per heavy atom. The van der Waals surface area contributed by atoms with Crippen LogP contribution in [0.5, 0.6) is 0 Å². The van der Waals surface area contributed by atoms with Gasteiger partial charge in [-0.1, -0.05) is 73.6 Å². The van der Waals surface area contributed by atoms with Crippen molar-refractivity contribution in [3.63, 3.8) is 0 Å². The van der Waals surface area contributed by atoms with Gasteiger partial charge in [0.1, 0.15) is 42.2 Å². The molecule has 0 bridgehead atoms. The molecule has 0 aliphatic carbocycles. The molecule has 0 spiro atoms. The number of rotatable bonds is 23. The standard InChI is InChI=1S/C44H61F2N9O15P2Si2/c1-24(2)73(62,25(3)4)70-74(26(5)6,27(7)8)69-36-30(19-56)65-44(54-18-29(45)32-39(54)51-22-53(9)42(32)58)37(36)68-72(61,63-17-13-16-47)64-20-31-35(67-71(59)60)33(46)43(66-31)55-23-50-34-38(48-21-49-40(34)55)52-41(57)28-14-11-10-12-15-28/h10-12,14-15,18,21-27,30-31,33,35-37,43-44,56,62,71H,13,17,19-20H2,1-9H3,(H,59,60)(H,48,49,52,57)/t30-,31-,33-,35-,36-,37-,43-,44-,72?/m1/s1. The number of anilines is 1. The van der Waals surface area contributed by atoms with Crippen molar-refractivity contribution in [2.75, 3.05) is 25.1 Å². The fourth-order valence-corrected chi connectivity index (χ4v) is 20.9. The number of carbonyl (C=O) groups excluding carboxylic acids is 1. The summed E-state index contributed by atoms with van der Waals surface area (Å²) in [5, 5.41) is 22.7. The van der Waals surface area contributed by atoms with Crippen LogP contribution >= 0.6 is 16.1 Å². The summed E-state index contributed by atoms with van der Waals surface area (Å²) in [5.74, 6) is -1.57. The number of phosphoric acid groups is 1. The van der Waals surface area contributed by atoms with Crippen molar-refractivity contribution in [1.82, 2.24) is 33.6 Å². The number of amides is 1. The molecule has 2 unspecified atom stereocenters. The lowest BCUT2D eigenvalue weighted by Crippen LogP contribution is -2.62. The summed E-state index contributed by atoms with van der Waals surface area (Å²) in [6.07, 6.45) is -9.91. The number of alkyl halides is 1. The van der Waals surface area contributed by atoms with Crippen molar-refractivity contribution in [3.8, 4) is 6.07 Å². The van der Waals surface area contributed by atoms with Gasteiger partial charge in [0.2, 0.25) is 0 Å². The fourth-order valence-electron chi connectivity index (χ4n) is 9.10. The van der Waals surface area contributed by atoms with E-state index in [9.17, 15) is 34.2 Å². The SMILES string of the molecule is CC(C)[Si](O)(O[Si](O[C@H]1[C@@H](OP(=O)(OCCC#N)OC[C@H]2O[C@@H](n3cnc4c(NC(=O)c5ccccc5)ncnc43)[C@H](F)[C@@H]2O[PH](=O)O)[C@H](n2cc(F)c3c(=O)n(C)cnc32)O[C@@H]1CO)(C(C)C)C(C)C)C(C)C. The second-order valence-corrected chi connectivity index (χ2v) is 30.1. The topological polar surface area (TPSA) is 305 Å². The highest BCUT2D eigenvalue weighted by Crippen LogP contribution is 2.56. The van der Waals surface area contributed by atoms with Crippen molar-refractivity contribution in [2.45, 2.75) is 133 Å². The number of fused-ring (bicyclic) bond motifs is 2. The van der Waals surface area contributed by atoms with Crippen molar-refractivity contribution in [2.24, 2.45) is 7.05 Å². The number of aromatic nitrogens is 7. The molecular formula is C44H61F2N9O15P2Si2. The zero-order valence-corrected chi connectivity index (χ0v) is 45.9. The van der Waals surface area contributed by atoms with Crippen LogP contribution in [0.15, 0.2) is 60.3 Å². The molecule has 404 valence electrons. The maximum absolute atomic E-state index is 16.7. The van der Waals surface area contributed by atoms with Crippen molar-refractivity contribution >= 4 is 67.1 Å². The summed E-state index contributed by atoms with van der Waals surface area (Å²) in [6, 6.07) is 10.1. The molecule has 4 aromatic heterocycles. The molecule has 2 aliphatic heterocycles. The van der Waals surface area contributed by atoms with Gasteiger partial charge in [0.15, 0.2) is 47.1 Å². The average molecular weight is 1110 g/mol. The van der Waals surface area contributed by atoms with E-state index in [2.05, 4.69) is 25.3 Å². The smallest absolute Gasteiger partial charge is 0.414 e. The Labute approximate surface area is 426 Å². The van der Waals surface area contributed by atoms with Gasteiger partial charge >= 0.3 is 33.2 Å². The molecule has 10 atom stereocenters. The predicted molar refractivity (Wildman–Crippen MR) is 265 cm³/mol. The fraction of sp³-hybridized carbons (Fsp3) is 0.568. The third-order valence-corrected chi connectivity index (χ3v) is 24.7. The van der Waals surface area contributed by atoms with Gasteiger partial charge in [-0.2, -0.15) is 5.26 Å². The summed E-state index contributed by atoms with van der Waals surface area (Å²) in [7, 11) is -15.2. The van der Waals surface area contributed by atoms with E-state index < -0.39 is 136 Å². The van der Waals surface area contributed by atoms with E-state index in [1.54, 1.807) is 30.3 Å². The van der Waals surface area contributed by atoms with E-state index in [1.165, 1.54) is 7.05 Å². The number of nitriles is 1. The summed E-state index contributed by atoms with van der Waals surface area (Å²) < 4.78 is 113. The summed E-state index contributed by atoms with van der Waals surface area (Å²) in [4.78, 5) is 65.5. The molecule has 7 rings (SSSR count). The number of nitrogens with zero attached hydrogens (tertiary/aromatic N) is 8. The predicted octanol–water partition coefficient (Wildman–Crippen LogP) is 6.22. The Bertz CT molecular complexity index is 2950. The maximum atomic E-state index is 16.7. The Morgan fingerprint density at radius 2 is 1.61 bits per heavy atom. The highest BCUT2D eigenvalue weighted by Gasteiger charge is 2.60. The van der Waals surface area contributed by atoms with Gasteiger partial charge in [-0.15, -0.1) is 0 Å². The number of nitrogens with one attached hydrogen (secondary N) is 1. The van der Waals surface area contributed by atoms with E-state index in [1.807, 2.05) is 61.5 Å². The highest BCUT2D eigenvalue weighted by atomic mass is 31.2. The first-order valence-corrected chi connectivity index (χ1v) is 30.5. The van der Waals surface area contributed by atoms with Crippen molar-refractivity contribution in [1.29, 1.82) is 5.26 Å². The number of aliphatic hydroxyl groups is 1. The van der Waals surface area contributed by atoms with Gasteiger partial charge in [0.05, 0.1) is 45.0 Å². The van der Waals surface area contributed by atoms with Gasteiger partial charge < -0.3 is 51.8 Å². The Hall–Kier alpha value is -4.54. The molecule has 6 heterocycles. The number of aliphatic hydroxyl groups excluding tert-OH is 1. The molecule has 2 fully saturated rings. The van der Waals surface area contributed by atoms with Crippen LogP contribution in [0.4, 0.5) is 14.6 Å². The number of ether oxygens (including phenoxy) is 2. The van der Waals surface area contributed by atoms with Crippen LogP contribution in [0.25, 0.3) is 22.2 Å². The van der Waals surface area contributed by atoms with Crippen molar-refractivity contribution < 1.29 is 73.6 Å². The molecule has 2 aliphatic rings. The minimum atomic E-state index is -5.21. The van der Waals surface area contributed by atoms with E-state index in [-0.39, 0.29) is 40.1 Å². The maximum Gasteiger partial charge on any atom is 0.475 e. The van der Waals surface area contributed by atoms with Crippen LogP contribution in [0.2, 0.25) is 22.2 Å². The van der Waals surface area contributed by atoms with Crippen molar-refractivity contribution in [3.05, 3.63) is 77.2 Å². The molecule has 1 amide bonds. The van der Waals surface area contributed by atoms with Crippen LogP contribution in [-0.4, -0.2) is 128 Å². The lowest BCUT2D eigenvalue weighted by atomic mass is 10.1. The van der Waals surface area contributed by atoms with Crippen LogP contribution in [-0.2, 0) is 52.3 Å². The third-order valence-electron chi connectivity index (χ3n) is 13.0. The van der Waals surface area contributed by atoms with Crippen LogP contribution < -0.4 is 10.9 Å². The number of benzene rings is 1. The largest absolute Gasteiger partial charge is 0.475 e. The zero-order chi connectivity index (χ0) is 54.0. The highest BCUT2D eigenvalue weighted by molar-refractivity contribution is 7.48. The monoisotopic (exact) mass is 1110 g/mol. The summed E-state index contributed by atoms with van der Waals surface area (Å²) in [6.45, 7) is 12.4. The minimum Gasteiger partial charge on any atom is -0.414 e. The first-order valence-electron chi connectivity index (χ1n) is 23.8. The van der Waals surface area contributed by atoms with Gasteiger partial charge in [0, 0.05) is 18.8 Å². The number of hydrogen-bond acceptors (Lipinski definition) is 19. The van der Waals surface area contributed by atoms with E-state index in [0.29, 0.717) is 5.56 Å². The van der Waals surface area contributed by atoms with Gasteiger partial charge in [-0.05, 0) is 34.3 Å². The summed E-state index contributed by atoms with van der Waals surface area (Å²) in [5.41, 5.74) is -2.21. The minimum absolute atomic E-state index is 0.0225. The zero-order valence-electron chi connectivity index (χ0n) is 42.0. The molecule has 74 heavy (non-hydrogen) atoms. The first kappa shape index (κ1) is 57.2. The van der Waals surface area contributed by atoms with Crippen LogP contribution in [0.3, 0.4) is 0 Å². The molecular weight excluding hydrogens is 1050 g/mol. The lowest BCUT2D eigenvalue weighted by molar-refractivity contribution is -0.0615. The van der Waals surface area contributed by atoms with Crippen LogP contribution in [0.1, 0.15) is 84.6 Å². The Kier molecular flexibility index (Phi) is 18.1. The Morgan fingerprint density at radius 1 is 0.932 bits per heavy atom. The number of halogens is 2. The normalized spacial score (nSPS) is 23.9. The third kappa shape index (κ3) is 11.4. The number of imidazole rings is 1.